The van der Waals surface area contributed by atoms with Gasteiger partial charge in [-0.25, -0.2) is 0 Å². The number of alkyl halides is 1. The molecule has 4 nitrogen and oxygen atoms in total. The van der Waals surface area contributed by atoms with E-state index in [9.17, 15) is 4.79 Å². The molecule has 1 aliphatic heterocycles. The van der Waals surface area contributed by atoms with Crippen LogP contribution in [0.3, 0.4) is 0 Å². The Balaban J connectivity index is 2.19. The second-order valence-corrected chi connectivity index (χ2v) is 6.11. The second kappa shape index (κ2) is 7.09. The molecule has 1 atom stereocenters. The maximum absolute atomic E-state index is 12.1. The first-order valence-electron chi connectivity index (χ1n) is 6.89. The summed E-state index contributed by atoms with van der Waals surface area (Å²) in [6.07, 6.45) is 2.80. The van der Waals surface area contributed by atoms with E-state index in [2.05, 4.69) is 22.0 Å². The van der Waals surface area contributed by atoms with Gasteiger partial charge in [-0.3, -0.25) is 4.79 Å². The molecule has 0 aliphatic carbocycles. The summed E-state index contributed by atoms with van der Waals surface area (Å²) in [5.74, 6) is 0.907. The lowest BCUT2D eigenvalue weighted by atomic mass is 10.0. The number of benzene rings is 1. The van der Waals surface area contributed by atoms with Gasteiger partial charge in [-0.2, -0.15) is 0 Å². The highest BCUT2D eigenvalue weighted by atomic mass is 79.9. The van der Waals surface area contributed by atoms with Crippen LogP contribution in [-0.2, 0) is 9.53 Å². The molecule has 1 heterocycles. The van der Waals surface area contributed by atoms with Crippen molar-refractivity contribution in [3.05, 3.63) is 35.4 Å². The summed E-state index contributed by atoms with van der Waals surface area (Å²) in [7, 11) is 3.46. The highest BCUT2D eigenvalue weighted by Crippen LogP contribution is 2.30. The average Bonchev–Trinajstić information content (AvgIpc) is 2.46. The molecule has 21 heavy (non-hydrogen) atoms. The number of amides is 1. The minimum atomic E-state index is -0.122. The minimum absolute atomic E-state index is 0.0901. The van der Waals surface area contributed by atoms with Gasteiger partial charge in [0.05, 0.1) is 11.4 Å². The van der Waals surface area contributed by atoms with E-state index in [0.29, 0.717) is 19.6 Å². The van der Waals surface area contributed by atoms with Crippen molar-refractivity contribution in [2.45, 2.75) is 18.2 Å². The predicted molar refractivity (Wildman–Crippen MR) is 86.6 cm³/mol. The van der Waals surface area contributed by atoms with E-state index >= 15 is 0 Å². The van der Waals surface area contributed by atoms with Crippen LogP contribution in [0.5, 0.6) is 5.75 Å². The highest BCUT2D eigenvalue weighted by molar-refractivity contribution is 9.10. The first-order valence-corrected chi connectivity index (χ1v) is 7.80. The van der Waals surface area contributed by atoms with E-state index < -0.39 is 0 Å². The number of rotatable bonds is 5. The van der Waals surface area contributed by atoms with Crippen molar-refractivity contribution in [3.8, 4) is 5.75 Å². The molecule has 0 radical (unpaired) electrons. The quantitative estimate of drug-likeness (QED) is 0.603. The molecule has 1 amide bonds. The summed E-state index contributed by atoms with van der Waals surface area (Å²) >= 11 is 3.39. The Kier molecular flexibility index (Phi) is 5.42. The summed E-state index contributed by atoms with van der Waals surface area (Å²) in [4.78, 5) is 13.6. The fourth-order valence-corrected chi connectivity index (χ4v) is 2.82. The number of halogens is 1. The number of nitrogens with zero attached hydrogens (tertiary/aromatic N) is 1. The normalized spacial score (nSPS) is 18.7. The van der Waals surface area contributed by atoms with Gasteiger partial charge < -0.3 is 14.4 Å². The van der Waals surface area contributed by atoms with Crippen LogP contribution in [0.15, 0.2) is 24.3 Å². The number of hydrogen-bond acceptors (Lipinski definition) is 3. The summed E-state index contributed by atoms with van der Waals surface area (Å²) in [5.41, 5.74) is 3.10. The average molecular weight is 354 g/mol. The lowest BCUT2D eigenvalue weighted by Crippen LogP contribution is -2.35. The summed E-state index contributed by atoms with van der Waals surface area (Å²) in [6.45, 7) is 3.12. The highest BCUT2D eigenvalue weighted by Gasteiger charge is 2.26. The third-order valence-electron chi connectivity index (χ3n) is 3.51. The van der Waals surface area contributed by atoms with Gasteiger partial charge in [0.25, 0.3) is 0 Å². The van der Waals surface area contributed by atoms with E-state index in [0.717, 1.165) is 22.6 Å². The lowest BCUT2D eigenvalue weighted by molar-refractivity contribution is -0.126. The number of methoxy groups -OCH3 is 1. The van der Waals surface area contributed by atoms with Crippen molar-refractivity contribution in [3.63, 3.8) is 0 Å². The zero-order valence-corrected chi connectivity index (χ0v) is 14.1. The van der Waals surface area contributed by atoms with E-state index in [1.807, 2.05) is 32.2 Å². The Morgan fingerprint density at radius 1 is 1.38 bits per heavy atom. The van der Waals surface area contributed by atoms with Gasteiger partial charge in [0, 0.05) is 25.4 Å². The van der Waals surface area contributed by atoms with Crippen LogP contribution in [0.4, 0.5) is 0 Å². The van der Waals surface area contributed by atoms with Crippen molar-refractivity contribution in [1.29, 1.82) is 0 Å². The summed E-state index contributed by atoms with van der Waals surface area (Å²) in [6, 6.07) is 5.92. The van der Waals surface area contributed by atoms with E-state index in [1.54, 1.807) is 12.0 Å². The first-order chi connectivity index (χ1) is 10.0. The molecule has 0 spiro atoms. The van der Waals surface area contributed by atoms with Gasteiger partial charge in [-0.15, -0.1) is 0 Å². The van der Waals surface area contributed by atoms with Gasteiger partial charge >= 0.3 is 0 Å². The third kappa shape index (κ3) is 3.66. The topological polar surface area (TPSA) is 38.8 Å². The number of aryl methyl sites for hydroxylation is 1. The van der Waals surface area contributed by atoms with Crippen LogP contribution in [0.25, 0.3) is 5.70 Å². The molecule has 114 valence electrons. The van der Waals surface area contributed by atoms with Gasteiger partial charge in [-0.1, -0.05) is 22.0 Å². The van der Waals surface area contributed by atoms with Crippen molar-refractivity contribution < 1.29 is 14.3 Å². The standard InChI is InChI=1S/C16H20BrNO3/c1-11-10-12(21-9-8-20-3)4-5-13(11)15-7-6-14(17)16(19)18(15)2/h4-5,7,10,14H,6,8-9H2,1-3H3. The van der Waals surface area contributed by atoms with E-state index in [4.69, 9.17) is 9.47 Å². The Bertz CT molecular complexity index is 556. The molecule has 0 N–H and O–H groups in total. The zero-order valence-electron chi connectivity index (χ0n) is 12.6. The molecular formula is C16H20BrNO3. The molecular weight excluding hydrogens is 334 g/mol. The fourth-order valence-electron chi connectivity index (χ4n) is 2.33. The Hall–Kier alpha value is -1.33. The van der Waals surface area contributed by atoms with Gasteiger partial charge in [-0.05, 0) is 37.1 Å². The molecule has 0 fully saturated rings. The molecule has 2 rings (SSSR count). The molecule has 1 aromatic carbocycles. The summed E-state index contributed by atoms with van der Waals surface area (Å²) in [5, 5.41) is 0. The number of carbonyl (C=O) groups is 1. The molecule has 0 saturated carbocycles. The molecule has 5 heteroatoms. The molecule has 0 bridgehead atoms. The molecule has 1 aliphatic rings. The smallest absolute Gasteiger partial charge is 0.240 e. The lowest BCUT2D eigenvalue weighted by Gasteiger charge is -2.28. The van der Waals surface area contributed by atoms with E-state index in [1.165, 1.54) is 0 Å². The molecule has 1 unspecified atom stereocenters. The molecule has 0 aromatic heterocycles. The van der Waals surface area contributed by atoms with Crippen molar-refractivity contribution in [2.75, 3.05) is 27.4 Å². The van der Waals surface area contributed by atoms with Crippen molar-refractivity contribution in [1.82, 2.24) is 4.90 Å². The predicted octanol–water partition coefficient (Wildman–Crippen LogP) is 2.99. The van der Waals surface area contributed by atoms with Crippen LogP contribution in [-0.4, -0.2) is 43.0 Å². The largest absolute Gasteiger partial charge is 0.491 e. The Morgan fingerprint density at radius 2 is 2.14 bits per heavy atom. The molecule has 0 saturated heterocycles. The van der Waals surface area contributed by atoms with E-state index in [-0.39, 0.29) is 10.7 Å². The monoisotopic (exact) mass is 353 g/mol. The Labute approximate surface area is 133 Å². The zero-order chi connectivity index (χ0) is 15.4. The third-order valence-corrected chi connectivity index (χ3v) is 4.27. The minimum Gasteiger partial charge on any atom is -0.491 e. The number of allylic oxidation sites excluding steroid dienone is 1. The first kappa shape index (κ1) is 16.0. The second-order valence-electron chi connectivity index (χ2n) is 5.01. The SMILES string of the molecule is COCCOc1ccc(C2=CCC(Br)C(=O)N2C)c(C)c1. The van der Waals surface area contributed by atoms with Gasteiger partial charge in [0.2, 0.25) is 5.91 Å². The van der Waals surface area contributed by atoms with Crippen LogP contribution in [0.2, 0.25) is 0 Å². The summed E-state index contributed by atoms with van der Waals surface area (Å²) < 4.78 is 10.6. The number of ether oxygens (including phenoxy) is 2. The number of hydrogen-bond donors (Lipinski definition) is 0. The van der Waals surface area contributed by atoms with Crippen molar-refractivity contribution in [2.24, 2.45) is 0 Å². The van der Waals surface area contributed by atoms with Crippen LogP contribution < -0.4 is 4.74 Å². The van der Waals surface area contributed by atoms with Gasteiger partial charge in [0.15, 0.2) is 0 Å². The maximum Gasteiger partial charge on any atom is 0.240 e. The van der Waals surface area contributed by atoms with Crippen molar-refractivity contribution >= 4 is 27.5 Å². The number of carbonyl (C=O) groups excluding carboxylic acids is 1. The van der Waals surface area contributed by atoms with Crippen LogP contribution in [0, 0.1) is 6.92 Å². The van der Waals surface area contributed by atoms with Crippen LogP contribution >= 0.6 is 15.9 Å². The molecule has 1 aromatic rings. The maximum atomic E-state index is 12.1. The Morgan fingerprint density at radius 3 is 2.81 bits per heavy atom. The fraction of sp³-hybridized carbons (Fsp3) is 0.438. The van der Waals surface area contributed by atoms with Crippen LogP contribution in [0.1, 0.15) is 17.5 Å². The van der Waals surface area contributed by atoms with Gasteiger partial charge in [0.1, 0.15) is 12.4 Å².